The third kappa shape index (κ3) is 3.97. The Morgan fingerprint density at radius 1 is 1.04 bits per heavy atom. The lowest BCUT2D eigenvalue weighted by Gasteiger charge is -2.25. The van der Waals surface area contributed by atoms with Crippen molar-refractivity contribution in [1.29, 1.82) is 0 Å². The first-order chi connectivity index (χ1) is 13.4. The summed E-state index contributed by atoms with van der Waals surface area (Å²) in [5.41, 5.74) is 2.49. The van der Waals surface area contributed by atoms with Gasteiger partial charge >= 0.3 is 0 Å². The Hall–Kier alpha value is -2.60. The molecule has 3 amide bonds. The van der Waals surface area contributed by atoms with Gasteiger partial charge in [-0.3, -0.25) is 19.3 Å². The van der Waals surface area contributed by atoms with Crippen LogP contribution in [0.4, 0.5) is 5.69 Å². The molecule has 1 atom stereocenters. The van der Waals surface area contributed by atoms with E-state index in [0.717, 1.165) is 10.5 Å². The lowest BCUT2D eigenvalue weighted by atomic mass is 10.0. The standard InChI is InChI=1S/C22H24N2O3S/c1-14(2)15-7-6-8-16(13-15)23-20(25)19(11-12-28-3)24-21(26)17-9-4-5-10-18(17)22(24)27/h4-10,13-14,19H,11-12H2,1-3H3,(H,23,25). The zero-order chi connectivity index (χ0) is 20.3. The van der Waals surface area contributed by atoms with Crippen LogP contribution in [0.3, 0.4) is 0 Å². The Labute approximate surface area is 169 Å². The van der Waals surface area contributed by atoms with Crippen molar-refractivity contribution in [2.75, 3.05) is 17.3 Å². The summed E-state index contributed by atoms with van der Waals surface area (Å²) in [7, 11) is 0. The van der Waals surface area contributed by atoms with E-state index in [1.165, 1.54) is 0 Å². The summed E-state index contributed by atoms with van der Waals surface area (Å²) in [6.45, 7) is 4.17. The molecule has 1 aliphatic heterocycles. The molecular weight excluding hydrogens is 372 g/mol. The third-order valence-corrected chi connectivity index (χ3v) is 5.50. The Balaban J connectivity index is 1.86. The fraction of sp³-hybridized carbons (Fsp3) is 0.318. The number of anilines is 1. The van der Waals surface area contributed by atoms with Gasteiger partial charge in [-0.15, -0.1) is 0 Å². The van der Waals surface area contributed by atoms with Crippen molar-refractivity contribution >= 4 is 35.2 Å². The lowest BCUT2D eigenvalue weighted by Crippen LogP contribution is -2.47. The van der Waals surface area contributed by atoms with Gasteiger partial charge in [0.25, 0.3) is 11.8 Å². The smallest absolute Gasteiger partial charge is 0.262 e. The van der Waals surface area contributed by atoms with Crippen LogP contribution in [0, 0.1) is 0 Å². The summed E-state index contributed by atoms with van der Waals surface area (Å²) in [6, 6.07) is 13.5. The van der Waals surface area contributed by atoms with Crippen LogP contribution < -0.4 is 5.32 Å². The second-order valence-corrected chi connectivity index (χ2v) is 8.08. The molecule has 2 aromatic rings. The van der Waals surface area contributed by atoms with Crippen LogP contribution in [0.1, 0.15) is 52.5 Å². The minimum Gasteiger partial charge on any atom is -0.324 e. The van der Waals surface area contributed by atoms with Crippen LogP contribution in [0.25, 0.3) is 0 Å². The minimum absolute atomic E-state index is 0.334. The molecule has 2 aromatic carbocycles. The van der Waals surface area contributed by atoms with E-state index in [-0.39, 0.29) is 5.91 Å². The number of hydrogen-bond donors (Lipinski definition) is 1. The van der Waals surface area contributed by atoms with Crippen LogP contribution >= 0.6 is 11.8 Å². The Kier molecular flexibility index (Phi) is 6.19. The van der Waals surface area contributed by atoms with Gasteiger partial charge in [0, 0.05) is 5.69 Å². The van der Waals surface area contributed by atoms with E-state index >= 15 is 0 Å². The second-order valence-electron chi connectivity index (χ2n) is 7.09. The molecule has 0 bridgehead atoms. The van der Waals surface area contributed by atoms with Crippen LogP contribution in [0.2, 0.25) is 0 Å². The summed E-state index contributed by atoms with van der Waals surface area (Å²) < 4.78 is 0. The number of nitrogens with one attached hydrogen (secondary N) is 1. The molecule has 5 nitrogen and oxygen atoms in total. The minimum atomic E-state index is -0.845. The number of imide groups is 1. The number of rotatable bonds is 7. The molecule has 0 aromatic heterocycles. The van der Waals surface area contributed by atoms with Crippen molar-refractivity contribution in [3.63, 3.8) is 0 Å². The lowest BCUT2D eigenvalue weighted by molar-refractivity contribution is -0.120. The molecular formula is C22H24N2O3S. The molecule has 0 spiro atoms. The molecule has 0 saturated carbocycles. The summed E-state index contributed by atoms with van der Waals surface area (Å²) in [6.07, 6.45) is 2.34. The molecule has 0 radical (unpaired) electrons. The highest BCUT2D eigenvalue weighted by molar-refractivity contribution is 7.98. The molecule has 1 N–H and O–H groups in total. The predicted octanol–water partition coefficient (Wildman–Crippen LogP) is 4.17. The molecule has 3 rings (SSSR count). The molecule has 146 valence electrons. The highest BCUT2D eigenvalue weighted by atomic mass is 32.2. The first-order valence-electron chi connectivity index (χ1n) is 9.30. The molecule has 0 saturated heterocycles. The van der Waals surface area contributed by atoms with Gasteiger partial charge in [-0.25, -0.2) is 0 Å². The normalized spacial score (nSPS) is 14.4. The fourth-order valence-corrected chi connectivity index (χ4v) is 3.76. The number of hydrogen-bond acceptors (Lipinski definition) is 4. The van der Waals surface area contributed by atoms with Gasteiger partial charge in [-0.05, 0) is 54.2 Å². The summed E-state index contributed by atoms with van der Waals surface area (Å²) in [5, 5.41) is 2.90. The fourth-order valence-electron chi connectivity index (χ4n) is 3.30. The van der Waals surface area contributed by atoms with Gasteiger partial charge < -0.3 is 5.32 Å². The highest BCUT2D eigenvalue weighted by Gasteiger charge is 2.42. The maximum Gasteiger partial charge on any atom is 0.262 e. The zero-order valence-electron chi connectivity index (χ0n) is 16.3. The van der Waals surface area contributed by atoms with E-state index in [0.29, 0.717) is 34.9 Å². The Morgan fingerprint density at radius 3 is 2.25 bits per heavy atom. The average molecular weight is 397 g/mol. The van der Waals surface area contributed by atoms with E-state index < -0.39 is 17.9 Å². The molecule has 1 heterocycles. The van der Waals surface area contributed by atoms with Gasteiger partial charge in [-0.1, -0.05) is 38.1 Å². The van der Waals surface area contributed by atoms with Gasteiger partial charge in [0.1, 0.15) is 6.04 Å². The van der Waals surface area contributed by atoms with Gasteiger partial charge in [-0.2, -0.15) is 11.8 Å². The second kappa shape index (κ2) is 8.61. The van der Waals surface area contributed by atoms with Gasteiger partial charge in [0.15, 0.2) is 0 Å². The molecule has 0 fully saturated rings. The van der Waals surface area contributed by atoms with Crippen LogP contribution in [0.15, 0.2) is 48.5 Å². The first kappa shape index (κ1) is 20.1. The zero-order valence-corrected chi connectivity index (χ0v) is 17.1. The third-order valence-electron chi connectivity index (χ3n) is 4.86. The number of benzene rings is 2. The van der Waals surface area contributed by atoms with E-state index in [1.54, 1.807) is 36.0 Å². The highest BCUT2D eigenvalue weighted by Crippen LogP contribution is 2.27. The SMILES string of the molecule is CSCCC(C(=O)Nc1cccc(C(C)C)c1)N1C(=O)c2ccccc2C1=O. The van der Waals surface area contributed by atoms with Crippen LogP contribution in [-0.4, -0.2) is 40.7 Å². The molecule has 1 aliphatic rings. The summed E-state index contributed by atoms with van der Waals surface area (Å²) >= 11 is 1.58. The van der Waals surface area contributed by atoms with Crippen molar-refractivity contribution in [3.8, 4) is 0 Å². The van der Waals surface area contributed by atoms with Gasteiger partial charge in [0.2, 0.25) is 5.91 Å². The van der Waals surface area contributed by atoms with Gasteiger partial charge in [0.05, 0.1) is 11.1 Å². The van der Waals surface area contributed by atoms with E-state index in [4.69, 9.17) is 0 Å². The topological polar surface area (TPSA) is 66.5 Å². The van der Waals surface area contributed by atoms with E-state index in [9.17, 15) is 14.4 Å². The maximum absolute atomic E-state index is 13.1. The van der Waals surface area contributed by atoms with E-state index in [2.05, 4.69) is 19.2 Å². The van der Waals surface area contributed by atoms with Crippen LogP contribution in [0.5, 0.6) is 0 Å². The largest absolute Gasteiger partial charge is 0.324 e. The molecule has 28 heavy (non-hydrogen) atoms. The summed E-state index contributed by atoms with van der Waals surface area (Å²) in [4.78, 5) is 39.8. The molecule has 1 unspecified atom stereocenters. The van der Waals surface area contributed by atoms with Crippen molar-refractivity contribution in [2.45, 2.75) is 32.2 Å². The number of amides is 3. The number of fused-ring (bicyclic) bond motifs is 1. The maximum atomic E-state index is 13.1. The van der Waals surface area contributed by atoms with E-state index in [1.807, 2.05) is 30.5 Å². The van der Waals surface area contributed by atoms with Crippen molar-refractivity contribution in [2.24, 2.45) is 0 Å². The Morgan fingerprint density at radius 2 is 1.68 bits per heavy atom. The molecule has 0 aliphatic carbocycles. The quantitative estimate of drug-likeness (QED) is 0.714. The van der Waals surface area contributed by atoms with Crippen molar-refractivity contribution in [1.82, 2.24) is 4.90 Å². The monoisotopic (exact) mass is 396 g/mol. The summed E-state index contributed by atoms with van der Waals surface area (Å²) in [5.74, 6) is -0.155. The number of carbonyl (C=O) groups is 3. The van der Waals surface area contributed by atoms with Crippen molar-refractivity contribution < 1.29 is 14.4 Å². The number of thioether (sulfide) groups is 1. The predicted molar refractivity (Wildman–Crippen MR) is 113 cm³/mol. The van der Waals surface area contributed by atoms with Crippen LogP contribution in [-0.2, 0) is 4.79 Å². The first-order valence-corrected chi connectivity index (χ1v) is 10.7. The number of nitrogens with zero attached hydrogens (tertiary/aromatic N) is 1. The average Bonchev–Trinajstić information content (AvgIpc) is 2.94. The molecule has 6 heteroatoms. The van der Waals surface area contributed by atoms with Crippen molar-refractivity contribution in [3.05, 3.63) is 65.2 Å². The Bertz CT molecular complexity index is 875. The number of carbonyl (C=O) groups excluding carboxylic acids is 3.